The van der Waals surface area contributed by atoms with Gasteiger partial charge in [-0.05, 0) is 36.5 Å². The Hall–Kier alpha value is -0.860. The normalized spacial score (nSPS) is 57.9. The summed E-state index contributed by atoms with van der Waals surface area (Å²) in [5.41, 5.74) is 0. The van der Waals surface area contributed by atoms with E-state index in [1.165, 1.54) is 11.3 Å². The van der Waals surface area contributed by atoms with Gasteiger partial charge in [0.15, 0.2) is 0 Å². The first kappa shape index (κ1) is 7.43. The molecule has 4 rings (SSSR count). The molecule has 3 nitrogen and oxygen atoms in total. The van der Waals surface area contributed by atoms with Gasteiger partial charge in [-0.2, -0.15) is 0 Å². The van der Waals surface area contributed by atoms with Gasteiger partial charge in [0.1, 0.15) is 0 Å². The Morgan fingerprint density at radius 3 is 1.86 bits per heavy atom. The second kappa shape index (κ2) is 1.90. The second-order valence-corrected chi connectivity index (χ2v) is 5.41. The number of carbonyl (C=O) groups is 2. The predicted molar refractivity (Wildman–Crippen MR) is 48.0 cm³/mol. The van der Waals surface area contributed by atoms with Gasteiger partial charge < -0.3 is 0 Å². The minimum atomic E-state index is 0.0845. The number of imide groups is 1. The van der Waals surface area contributed by atoms with Crippen LogP contribution in [0.3, 0.4) is 0 Å². The SMILES string of the molecule is CN1C(=O)[C@@H]2C3CC([C@@H]4C[C@H]34)[C@@H]2C1=O. The molecule has 3 saturated carbocycles. The standard InChI is InChI=1S/C11H13NO2/c1-12-10(13)8-6-3-7(5-2-4(5)6)9(8)11(12)14/h4-9H,2-3H2,1H3/t4-,5+,6?,7?,8+,9-. The lowest BCUT2D eigenvalue weighted by Crippen LogP contribution is -2.28. The van der Waals surface area contributed by atoms with Crippen molar-refractivity contribution in [1.82, 2.24) is 4.90 Å². The van der Waals surface area contributed by atoms with E-state index in [0.717, 1.165) is 18.3 Å². The van der Waals surface area contributed by atoms with Crippen LogP contribution >= 0.6 is 0 Å². The first-order valence-electron chi connectivity index (χ1n) is 5.51. The zero-order chi connectivity index (χ0) is 9.61. The Balaban J connectivity index is 1.82. The fraction of sp³-hybridized carbons (Fsp3) is 0.818. The highest BCUT2D eigenvalue weighted by molar-refractivity contribution is 6.05. The third-order valence-corrected chi connectivity index (χ3v) is 5.08. The maximum Gasteiger partial charge on any atom is 0.233 e. The van der Waals surface area contributed by atoms with Crippen molar-refractivity contribution in [1.29, 1.82) is 0 Å². The third kappa shape index (κ3) is 0.562. The molecule has 6 atom stereocenters. The molecule has 74 valence electrons. The van der Waals surface area contributed by atoms with E-state index in [4.69, 9.17) is 0 Å². The highest BCUT2D eigenvalue weighted by atomic mass is 16.2. The van der Waals surface area contributed by atoms with E-state index >= 15 is 0 Å². The molecule has 3 aliphatic carbocycles. The van der Waals surface area contributed by atoms with Crippen molar-refractivity contribution in [3.05, 3.63) is 0 Å². The molecule has 0 spiro atoms. The maximum atomic E-state index is 11.9. The van der Waals surface area contributed by atoms with E-state index in [2.05, 4.69) is 0 Å². The Morgan fingerprint density at radius 1 is 0.929 bits per heavy atom. The van der Waals surface area contributed by atoms with E-state index in [-0.39, 0.29) is 23.7 Å². The van der Waals surface area contributed by atoms with Gasteiger partial charge in [-0.3, -0.25) is 14.5 Å². The Kier molecular flexibility index (Phi) is 1.01. The van der Waals surface area contributed by atoms with Crippen molar-refractivity contribution in [3.63, 3.8) is 0 Å². The quantitative estimate of drug-likeness (QED) is 0.523. The fourth-order valence-electron chi connectivity index (χ4n) is 4.47. The van der Waals surface area contributed by atoms with Crippen molar-refractivity contribution in [2.45, 2.75) is 12.8 Å². The molecule has 0 radical (unpaired) electrons. The molecule has 2 unspecified atom stereocenters. The van der Waals surface area contributed by atoms with Crippen LogP contribution in [-0.2, 0) is 9.59 Å². The molecular formula is C11H13NO2. The van der Waals surface area contributed by atoms with Gasteiger partial charge in [-0.1, -0.05) is 0 Å². The smallest absolute Gasteiger partial charge is 0.233 e. The van der Waals surface area contributed by atoms with Crippen LogP contribution in [0.1, 0.15) is 12.8 Å². The van der Waals surface area contributed by atoms with E-state index in [0.29, 0.717) is 11.8 Å². The molecule has 0 aromatic heterocycles. The minimum Gasteiger partial charge on any atom is -0.285 e. The summed E-state index contributed by atoms with van der Waals surface area (Å²) in [5, 5.41) is 0. The number of amides is 2. The number of fused-ring (bicyclic) bond motifs is 8. The molecule has 4 fully saturated rings. The zero-order valence-electron chi connectivity index (χ0n) is 8.14. The second-order valence-electron chi connectivity index (χ2n) is 5.41. The summed E-state index contributed by atoms with van der Waals surface area (Å²) in [4.78, 5) is 25.1. The van der Waals surface area contributed by atoms with Crippen LogP contribution < -0.4 is 0 Å². The minimum absolute atomic E-state index is 0.0845. The van der Waals surface area contributed by atoms with E-state index < -0.39 is 0 Å². The lowest BCUT2D eigenvalue weighted by Gasteiger charge is -2.18. The fourth-order valence-corrected chi connectivity index (χ4v) is 4.47. The van der Waals surface area contributed by atoms with Gasteiger partial charge in [-0.25, -0.2) is 0 Å². The number of hydrogen-bond acceptors (Lipinski definition) is 2. The molecule has 14 heavy (non-hydrogen) atoms. The number of carbonyl (C=O) groups excluding carboxylic acids is 2. The molecule has 0 aromatic rings. The summed E-state index contributed by atoms with van der Waals surface area (Å²) < 4.78 is 0. The van der Waals surface area contributed by atoms with Crippen LogP contribution in [0.25, 0.3) is 0 Å². The first-order chi connectivity index (χ1) is 6.70. The summed E-state index contributed by atoms with van der Waals surface area (Å²) in [7, 11) is 1.65. The molecule has 2 amide bonds. The van der Waals surface area contributed by atoms with Gasteiger partial charge in [0.2, 0.25) is 11.8 Å². The van der Waals surface area contributed by atoms with Crippen molar-refractivity contribution in [2.75, 3.05) is 7.05 Å². The summed E-state index contributed by atoms with van der Waals surface area (Å²) in [6.45, 7) is 0. The van der Waals surface area contributed by atoms with Gasteiger partial charge in [-0.15, -0.1) is 0 Å². The summed E-state index contributed by atoms with van der Waals surface area (Å²) in [6, 6.07) is 0. The third-order valence-electron chi connectivity index (χ3n) is 5.08. The van der Waals surface area contributed by atoms with Crippen LogP contribution in [0, 0.1) is 35.5 Å². The Labute approximate surface area is 82.4 Å². The lowest BCUT2D eigenvalue weighted by atomic mass is 9.81. The lowest BCUT2D eigenvalue weighted by molar-refractivity contribution is -0.139. The van der Waals surface area contributed by atoms with Gasteiger partial charge in [0.05, 0.1) is 11.8 Å². The van der Waals surface area contributed by atoms with E-state index in [1.54, 1.807) is 7.05 Å². The Bertz CT molecular complexity index is 332. The monoisotopic (exact) mass is 191 g/mol. The molecule has 0 N–H and O–H groups in total. The van der Waals surface area contributed by atoms with Crippen molar-refractivity contribution in [2.24, 2.45) is 35.5 Å². The summed E-state index contributed by atoms with van der Waals surface area (Å²) >= 11 is 0. The van der Waals surface area contributed by atoms with Gasteiger partial charge in [0.25, 0.3) is 0 Å². The molecule has 3 heteroatoms. The molecule has 0 aromatic carbocycles. The maximum absolute atomic E-state index is 11.9. The number of hydrogen-bond donors (Lipinski definition) is 0. The van der Waals surface area contributed by atoms with Crippen molar-refractivity contribution in [3.8, 4) is 0 Å². The molecule has 1 aliphatic heterocycles. The molecule has 2 bridgehead atoms. The average Bonchev–Trinajstić information content (AvgIpc) is 2.74. The summed E-state index contributed by atoms with van der Waals surface area (Å²) in [5.74, 6) is 3.14. The molecule has 1 saturated heterocycles. The van der Waals surface area contributed by atoms with Crippen LogP contribution in [0.5, 0.6) is 0 Å². The Morgan fingerprint density at radius 2 is 1.36 bits per heavy atom. The number of nitrogens with zero attached hydrogens (tertiary/aromatic N) is 1. The van der Waals surface area contributed by atoms with E-state index in [1.807, 2.05) is 0 Å². The van der Waals surface area contributed by atoms with Gasteiger partial charge in [0, 0.05) is 7.05 Å². The van der Waals surface area contributed by atoms with E-state index in [9.17, 15) is 9.59 Å². The van der Waals surface area contributed by atoms with Crippen LogP contribution in [-0.4, -0.2) is 23.8 Å². The number of rotatable bonds is 0. The van der Waals surface area contributed by atoms with Crippen LogP contribution in [0.2, 0.25) is 0 Å². The van der Waals surface area contributed by atoms with Crippen LogP contribution in [0.15, 0.2) is 0 Å². The van der Waals surface area contributed by atoms with Crippen molar-refractivity contribution >= 4 is 11.8 Å². The highest BCUT2D eigenvalue weighted by Gasteiger charge is 2.71. The summed E-state index contributed by atoms with van der Waals surface area (Å²) in [6.07, 6.45) is 2.46. The average molecular weight is 191 g/mol. The molecular weight excluding hydrogens is 178 g/mol. The van der Waals surface area contributed by atoms with Gasteiger partial charge >= 0.3 is 0 Å². The predicted octanol–water partition coefficient (Wildman–Crippen LogP) is 0.503. The van der Waals surface area contributed by atoms with Crippen molar-refractivity contribution < 1.29 is 9.59 Å². The molecule has 4 aliphatic rings. The highest BCUT2D eigenvalue weighted by Crippen LogP contribution is 2.71. The first-order valence-corrected chi connectivity index (χ1v) is 5.51. The zero-order valence-corrected chi connectivity index (χ0v) is 8.14. The van der Waals surface area contributed by atoms with Crippen LogP contribution in [0.4, 0.5) is 0 Å². The number of likely N-dealkylation sites (tertiary alicyclic amines) is 1. The molecule has 1 heterocycles. The largest absolute Gasteiger partial charge is 0.285 e. The topological polar surface area (TPSA) is 37.4 Å².